The van der Waals surface area contributed by atoms with E-state index in [0.29, 0.717) is 29.0 Å². The Balaban J connectivity index is 1.17. The molecular weight excluding hydrogens is 596 g/mol. The minimum Gasteiger partial charge on any atom is -0.458 e. The molecule has 1 saturated carbocycles. The van der Waals surface area contributed by atoms with Crippen LogP contribution in [0.5, 0.6) is 11.5 Å². The Kier molecular flexibility index (Phi) is 7.49. The molecule has 2 amide bonds. The molecule has 0 radical (unpaired) electrons. The van der Waals surface area contributed by atoms with Crippen molar-refractivity contribution >= 4 is 34.2 Å². The Hall–Kier alpha value is -5.14. The summed E-state index contributed by atoms with van der Waals surface area (Å²) in [5.41, 5.74) is 5.45. The van der Waals surface area contributed by atoms with Gasteiger partial charge in [-0.05, 0) is 74.5 Å². The first-order valence-corrected chi connectivity index (χ1v) is 14.9. The highest BCUT2D eigenvalue weighted by atomic mass is 19.1. The SMILES string of the molecule is CN1CCN(Cc2ccc(-c3n[nH]c4nccc(Oc5ccc(N(C(=O)C6(C(N)=O)CC6)c6ccc(F)cc6)cc5F)c34)o2)CC1. The molecule has 4 heterocycles. The largest absolute Gasteiger partial charge is 0.458 e. The number of ether oxygens (including phenoxy) is 1. The highest BCUT2D eigenvalue weighted by Gasteiger charge is 2.57. The summed E-state index contributed by atoms with van der Waals surface area (Å²) in [4.78, 5) is 35.9. The van der Waals surface area contributed by atoms with E-state index >= 15 is 4.39 Å². The van der Waals surface area contributed by atoms with Crippen molar-refractivity contribution in [3.8, 4) is 23.0 Å². The monoisotopic (exact) mass is 627 g/mol. The van der Waals surface area contributed by atoms with Crippen molar-refractivity contribution in [3.05, 3.63) is 84.3 Å². The summed E-state index contributed by atoms with van der Waals surface area (Å²) < 4.78 is 41.7. The van der Waals surface area contributed by atoms with E-state index in [2.05, 4.69) is 32.0 Å². The number of benzene rings is 2. The third-order valence-corrected chi connectivity index (χ3v) is 8.61. The van der Waals surface area contributed by atoms with E-state index in [0.717, 1.165) is 38.0 Å². The van der Waals surface area contributed by atoms with Gasteiger partial charge < -0.3 is 19.8 Å². The van der Waals surface area contributed by atoms with Crippen LogP contribution >= 0.6 is 0 Å². The Morgan fingerprint density at radius 2 is 1.74 bits per heavy atom. The highest BCUT2D eigenvalue weighted by molar-refractivity contribution is 6.16. The second kappa shape index (κ2) is 11.7. The van der Waals surface area contributed by atoms with Gasteiger partial charge in [-0.25, -0.2) is 13.8 Å². The first kappa shape index (κ1) is 29.6. The van der Waals surface area contributed by atoms with Gasteiger partial charge in [-0.2, -0.15) is 5.10 Å². The predicted molar refractivity (Wildman–Crippen MR) is 165 cm³/mol. The molecule has 3 aromatic heterocycles. The molecule has 13 heteroatoms. The van der Waals surface area contributed by atoms with Crippen LogP contribution in [-0.2, 0) is 16.1 Å². The number of carbonyl (C=O) groups is 2. The average molecular weight is 628 g/mol. The Morgan fingerprint density at radius 3 is 2.43 bits per heavy atom. The summed E-state index contributed by atoms with van der Waals surface area (Å²) in [5.74, 6) is -1.17. The number of halogens is 2. The molecule has 0 unspecified atom stereocenters. The van der Waals surface area contributed by atoms with Crippen LogP contribution in [0.2, 0.25) is 0 Å². The first-order chi connectivity index (χ1) is 22.2. The van der Waals surface area contributed by atoms with E-state index in [9.17, 15) is 14.0 Å². The lowest BCUT2D eigenvalue weighted by Crippen LogP contribution is -2.43. The molecule has 1 aliphatic heterocycles. The van der Waals surface area contributed by atoms with Gasteiger partial charge in [0.25, 0.3) is 0 Å². The van der Waals surface area contributed by atoms with Crippen molar-refractivity contribution in [2.24, 2.45) is 11.1 Å². The van der Waals surface area contributed by atoms with E-state index in [1.165, 1.54) is 47.5 Å². The van der Waals surface area contributed by atoms with Crippen LogP contribution < -0.4 is 15.4 Å². The summed E-state index contributed by atoms with van der Waals surface area (Å²) in [6, 6.07) is 14.5. The third kappa shape index (κ3) is 5.48. The minimum atomic E-state index is -1.39. The number of aromatic nitrogens is 3. The Bertz CT molecular complexity index is 1930. The molecule has 3 N–H and O–H groups in total. The Labute approximate surface area is 262 Å². The van der Waals surface area contributed by atoms with Crippen LogP contribution in [0.25, 0.3) is 22.5 Å². The van der Waals surface area contributed by atoms with Crippen molar-refractivity contribution in [3.63, 3.8) is 0 Å². The number of fused-ring (bicyclic) bond motifs is 1. The van der Waals surface area contributed by atoms with Crippen molar-refractivity contribution in [2.45, 2.75) is 19.4 Å². The molecule has 2 aliphatic rings. The number of primary amides is 1. The zero-order valence-corrected chi connectivity index (χ0v) is 25.0. The van der Waals surface area contributed by atoms with Gasteiger partial charge in [0.1, 0.15) is 28.4 Å². The molecule has 5 aromatic rings. The van der Waals surface area contributed by atoms with Crippen molar-refractivity contribution in [1.82, 2.24) is 25.0 Å². The summed E-state index contributed by atoms with van der Waals surface area (Å²) in [6.07, 6.45) is 2.07. The number of rotatable bonds is 9. The highest BCUT2D eigenvalue weighted by Crippen LogP contribution is 2.49. The van der Waals surface area contributed by atoms with E-state index < -0.39 is 28.9 Å². The van der Waals surface area contributed by atoms with E-state index in [1.54, 1.807) is 6.07 Å². The molecule has 0 bridgehead atoms. The number of amides is 2. The molecule has 0 atom stereocenters. The fourth-order valence-corrected chi connectivity index (χ4v) is 5.71. The Morgan fingerprint density at radius 1 is 1.00 bits per heavy atom. The van der Waals surface area contributed by atoms with Crippen LogP contribution in [0.15, 0.2) is 71.3 Å². The lowest BCUT2D eigenvalue weighted by Gasteiger charge is -2.31. The molecule has 0 spiro atoms. The van der Waals surface area contributed by atoms with Gasteiger partial charge in [0, 0.05) is 44.1 Å². The number of H-pyrrole nitrogens is 1. The summed E-state index contributed by atoms with van der Waals surface area (Å²) in [7, 11) is 2.11. The maximum atomic E-state index is 15.7. The summed E-state index contributed by atoms with van der Waals surface area (Å²) >= 11 is 0. The second-order valence-corrected chi connectivity index (χ2v) is 11.7. The summed E-state index contributed by atoms with van der Waals surface area (Å²) in [5, 5.41) is 7.81. The van der Waals surface area contributed by atoms with Gasteiger partial charge in [0.15, 0.2) is 23.0 Å². The number of aromatic amines is 1. The number of hydrogen-bond acceptors (Lipinski definition) is 8. The van der Waals surface area contributed by atoms with Gasteiger partial charge in [-0.3, -0.25) is 24.5 Å². The number of pyridine rings is 1. The normalized spacial score (nSPS) is 16.4. The number of hydrogen-bond donors (Lipinski definition) is 2. The maximum Gasteiger partial charge on any atom is 0.247 e. The van der Waals surface area contributed by atoms with Gasteiger partial charge >= 0.3 is 0 Å². The van der Waals surface area contributed by atoms with Crippen LogP contribution in [0.1, 0.15) is 18.6 Å². The number of carbonyl (C=O) groups excluding carboxylic acids is 2. The molecule has 1 aliphatic carbocycles. The second-order valence-electron chi connectivity index (χ2n) is 11.7. The number of piperazine rings is 1. The third-order valence-electron chi connectivity index (χ3n) is 8.61. The van der Waals surface area contributed by atoms with Gasteiger partial charge in [0.05, 0.1) is 17.6 Å². The molecule has 7 rings (SSSR count). The van der Waals surface area contributed by atoms with Crippen LogP contribution in [-0.4, -0.2) is 70.0 Å². The molecule has 46 heavy (non-hydrogen) atoms. The summed E-state index contributed by atoms with van der Waals surface area (Å²) in [6.45, 7) is 4.57. The van der Waals surface area contributed by atoms with E-state index in [-0.39, 0.29) is 35.7 Å². The number of nitrogens with one attached hydrogen (secondary N) is 1. The van der Waals surface area contributed by atoms with Crippen LogP contribution in [0, 0.1) is 17.0 Å². The van der Waals surface area contributed by atoms with Crippen molar-refractivity contribution < 1.29 is 27.5 Å². The average Bonchev–Trinajstić information content (AvgIpc) is 3.56. The minimum absolute atomic E-state index is 0.124. The lowest BCUT2D eigenvalue weighted by atomic mass is 10.0. The molecule has 2 aromatic carbocycles. The van der Waals surface area contributed by atoms with Crippen molar-refractivity contribution in [1.29, 1.82) is 0 Å². The fourth-order valence-electron chi connectivity index (χ4n) is 5.71. The van der Waals surface area contributed by atoms with E-state index in [1.807, 2.05) is 12.1 Å². The molecule has 1 saturated heterocycles. The smallest absolute Gasteiger partial charge is 0.247 e. The van der Waals surface area contributed by atoms with Crippen molar-refractivity contribution in [2.75, 3.05) is 38.1 Å². The number of nitrogens with two attached hydrogens (primary N) is 1. The first-order valence-electron chi connectivity index (χ1n) is 14.9. The van der Waals surface area contributed by atoms with Gasteiger partial charge in [0.2, 0.25) is 11.8 Å². The lowest BCUT2D eigenvalue weighted by molar-refractivity contribution is -0.133. The number of likely N-dealkylation sites (N-methyl/N-ethyl adjacent to an activating group) is 1. The molecule has 11 nitrogen and oxygen atoms in total. The number of furan rings is 1. The zero-order valence-electron chi connectivity index (χ0n) is 25.0. The molecular formula is C33H31F2N7O4. The quantitative estimate of drug-likeness (QED) is 0.219. The topological polar surface area (TPSA) is 134 Å². The fraction of sp³-hybridized carbons (Fsp3) is 0.273. The van der Waals surface area contributed by atoms with Crippen LogP contribution in [0.3, 0.4) is 0 Å². The standard InChI is InChI=1S/C33H31F2N7O4/c1-40-14-16-41(17-15-40)19-23-7-9-27(45-23)29-28-26(10-13-37-30(28)39-38-29)46-25-8-6-22(18-24(25)35)42(21-4-2-20(34)3-5-21)32(44)33(11-12-33)31(36)43/h2-10,13,18H,11-12,14-17,19H2,1H3,(H2,36,43)(H,37,38,39). The number of anilines is 2. The molecule has 236 valence electrons. The van der Waals surface area contributed by atoms with E-state index in [4.69, 9.17) is 14.9 Å². The molecule has 2 fully saturated rings. The predicted octanol–water partition coefficient (Wildman–Crippen LogP) is 4.97. The maximum absolute atomic E-state index is 15.7. The van der Waals surface area contributed by atoms with Gasteiger partial charge in [-0.1, -0.05) is 0 Å². The number of nitrogens with zero attached hydrogens (tertiary/aromatic N) is 5. The van der Waals surface area contributed by atoms with Crippen LogP contribution in [0.4, 0.5) is 20.2 Å². The zero-order chi connectivity index (χ0) is 32.0. The van der Waals surface area contributed by atoms with Gasteiger partial charge in [-0.15, -0.1) is 0 Å².